The smallest absolute Gasteiger partial charge is 0.225 e. The van der Waals surface area contributed by atoms with Gasteiger partial charge in [0.25, 0.3) is 0 Å². The summed E-state index contributed by atoms with van der Waals surface area (Å²) in [5.74, 6) is 0.781. The number of hydrogen-bond donors (Lipinski definition) is 3. The monoisotopic (exact) mass is 502 g/mol. The average molecular weight is 503 g/mol. The standard InChI is InChI=1S/C25H27FN10O/c1-25(37,22-4-3-20(26)14-29-22)19-12-30-24(31-13-19)36-7-5-35(6-8-36)23(32-16-27)21-9-17(10-28-21)18-11-33-34(2)15-18/h3-4,9-16,27-28,37H,5-8H2,1-2H3/b27-16?,32-23+/t25-/m0/s1. The number of amidine groups is 1. The van der Waals surface area contributed by atoms with Gasteiger partial charge in [-0.1, -0.05) is 0 Å². The van der Waals surface area contributed by atoms with Gasteiger partial charge in [0.1, 0.15) is 17.8 Å². The molecule has 1 saturated heterocycles. The molecule has 0 spiro atoms. The van der Waals surface area contributed by atoms with E-state index < -0.39 is 11.4 Å². The van der Waals surface area contributed by atoms with Gasteiger partial charge in [-0.15, -0.1) is 0 Å². The molecule has 11 nitrogen and oxygen atoms in total. The van der Waals surface area contributed by atoms with Gasteiger partial charge in [-0.2, -0.15) is 5.10 Å². The molecule has 1 aliphatic rings. The highest BCUT2D eigenvalue weighted by Crippen LogP contribution is 2.27. The minimum atomic E-state index is -1.45. The highest BCUT2D eigenvalue weighted by molar-refractivity contribution is 6.01. The molecule has 1 aliphatic heterocycles. The van der Waals surface area contributed by atoms with Crippen molar-refractivity contribution in [3.8, 4) is 11.1 Å². The lowest BCUT2D eigenvalue weighted by molar-refractivity contribution is 0.0964. The van der Waals surface area contributed by atoms with Gasteiger partial charge >= 0.3 is 0 Å². The zero-order chi connectivity index (χ0) is 26.0. The first-order valence-corrected chi connectivity index (χ1v) is 11.8. The van der Waals surface area contributed by atoms with E-state index in [1.165, 1.54) is 12.1 Å². The number of halogens is 1. The first kappa shape index (κ1) is 24.3. The lowest BCUT2D eigenvalue weighted by Crippen LogP contribution is -2.49. The number of hydrogen-bond acceptors (Lipinski definition) is 7. The Balaban J connectivity index is 1.26. The third-order valence-corrected chi connectivity index (χ3v) is 6.44. The maximum Gasteiger partial charge on any atom is 0.225 e. The van der Waals surface area contributed by atoms with Crippen LogP contribution in [0.5, 0.6) is 0 Å². The number of rotatable bonds is 6. The fourth-order valence-corrected chi connectivity index (χ4v) is 4.31. The molecule has 5 rings (SSSR count). The lowest BCUT2D eigenvalue weighted by atomic mass is 9.94. The molecular formula is C25H27FN10O. The van der Waals surface area contributed by atoms with E-state index >= 15 is 0 Å². The molecule has 37 heavy (non-hydrogen) atoms. The zero-order valence-electron chi connectivity index (χ0n) is 20.5. The number of aromatic amines is 1. The third-order valence-electron chi connectivity index (χ3n) is 6.44. The van der Waals surface area contributed by atoms with E-state index in [0.29, 0.717) is 49.2 Å². The van der Waals surface area contributed by atoms with Crippen LogP contribution < -0.4 is 4.90 Å². The van der Waals surface area contributed by atoms with Crippen LogP contribution in [0.2, 0.25) is 0 Å². The Morgan fingerprint density at radius 2 is 1.86 bits per heavy atom. The summed E-state index contributed by atoms with van der Waals surface area (Å²) < 4.78 is 15.0. The number of aryl methyl sites for hydroxylation is 1. The van der Waals surface area contributed by atoms with Crippen molar-refractivity contribution in [2.24, 2.45) is 12.0 Å². The largest absolute Gasteiger partial charge is 0.379 e. The summed E-state index contributed by atoms with van der Waals surface area (Å²) in [5, 5.41) is 22.7. The molecule has 0 amide bonds. The quantitative estimate of drug-likeness (QED) is 0.272. The second kappa shape index (κ2) is 9.90. The van der Waals surface area contributed by atoms with E-state index in [9.17, 15) is 9.50 Å². The minimum absolute atomic E-state index is 0.313. The number of aliphatic hydroxyl groups is 1. The third kappa shape index (κ3) is 4.96. The molecule has 4 aromatic heterocycles. The van der Waals surface area contributed by atoms with E-state index in [1.54, 1.807) is 30.2 Å². The van der Waals surface area contributed by atoms with Gasteiger partial charge in [0, 0.05) is 74.7 Å². The molecule has 0 bridgehead atoms. The molecule has 5 heterocycles. The van der Waals surface area contributed by atoms with E-state index in [4.69, 9.17) is 5.41 Å². The Bertz CT molecular complexity index is 1400. The molecule has 1 atom stereocenters. The number of H-pyrrole nitrogens is 1. The number of nitrogens with zero attached hydrogens (tertiary/aromatic N) is 8. The van der Waals surface area contributed by atoms with Crippen molar-refractivity contribution < 1.29 is 9.50 Å². The Labute approximate surface area is 212 Å². The molecule has 0 unspecified atom stereocenters. The summed E-state index contributed by atoms with van der Waals surface area (Å²) in [6.07, 6.45) is 10.9. The highest BCUT2D eigenvalue weighted by atomic mass is 19.1. The summed E-state index contributed by atoms with van der Waals surface area (Å²) in [6, 6.07) is 4.71. The number of aliphatic imine (C=N–C) groups is 1. The summed E-state index contributed by atoms with van der Waals surface area (Å²) >= 11 is 0. The molecule has 0 aromatic carbocycles. The predicted molar refractivity (Wildman–Crippen MR) is 137 cm³/mol. The molecule has 3 N–H and O–H groups in total. The fraction of sp³-hybridized carbons (Fsp3) is 0.280. The van der Waals surface area contributed by atoms with Crippen LogP contribution in [0.1, 0.15) is 23.9 Å². The van der Waals surface area contributed by atoms with E-state index in [1.807, 2.05) is 25.5 Å². The molecule has 0 aliphatic carbocycles. The van der Waals surface area contributed by atoms with E-state index in [2.05, 4.69) is 39.8 Å². The van der Waals surface area contributed by atoms with E-state index in [0.717, 1.165) is 29.4 Å². The van der Waals surface area contributed by atoms with Crippen LogP contribution in [-0.4, -0.2) is 78.1 Å². The second-order valence-corrected chi connectivity index (χ2v) is 8.97. The summed E-state index contributed by atoms with van der Waals surface area (Å²) in [6.45, 7) is 4.21. The van der Waals surface area contributed by atoms with Crippen molar-refractivity contribution in [3.05, 3.63) is 78.1 Å². The van der Waals surface area contributed by atoms with Crippen molar-refractivity contribution in [3.63, 3.8) is 0 Å². The number of nitrogens with one attached hydrogen (secondary N) is 2. The molecular weight excluding hydrogens is 475 g/mol. The van der Waals surface area contributed by atoms with Gasteiger partial charge < -0.3 is 19.9 Å². The fourth-order valence-electron chi connectivity index (χ4n) is 4.31. The average Bonchev–Trinajstić information content (AvgIpc) is 3.57. The van der Waals surface area contributed by atoms with Crippen LogP contribution in [0.3, 0.4) is 0 Å². The Morgan fingerprint density at radius 1 is 1.11 bits per heavy atom. The second-order valence-electron chi connectivity index (χ2n) is 8.97. The number of aromatic nitrogens is 6. The predicted octanol–water partition coefficient (Wildman–Crippen LogP) is 2.17. The van der Waals surface area contributed by atoms with Crippen LogP contribution >= 0.6 is 0 Å². The lowest BCUT2D eigenvalue weighted by Gasteiger charge is -2.36. The van der Waals surface area contributed by atoms with Crippen LogP contribution in [0.25, 0.3) is 11.1 Å². The SMILES string of the molecule is Cn1cc(-c2c[nH]c(/C(=N\C=N)N3CCN(c4ncc([C@](C)(O)c5ccc(F)cn5)cn4)CC3)c2)cn1. The van der Waals surface area contributed by atoms with Gasteiger partial charge in [0.2, 0.25) is 5.95 Å². The first-order chi connectivity index (χ1) is 17.8. The normalized spacial score (nSPS) is 16.1. The van der Waals surface area contributed by atoms with E-state index in [-0.39, 0.29) is 0 Å². The van der Waals surface area contributed by atoms with Crippen LogP contribution in [0, 0.1) is 11.2 Å². The molecule has 4 aromatic rings. The number of pyridine rings is 1. The maximum absolute atomic E-state index is 13.2. The highest BCUT2D eigenvalue weighted by Gasteiger charge is 2.29. The van der Waals surface area contributed by atoms with Crippen molar-refractivity contribution in [2.45, 2.75) is 12.5 Å². The molecule has 0 radical (unpaired) electrons. The van der Waals surface area contributed by atoms with Gasteiger partial charge in [-0.25, -0.2) is 19.4 Å². The Hall–Kier alpha value is -4.45. The minimum Gasteiger partial charge on any atom is -0.379 e. The Kier molecular flexibility index (Phi) is 6.49. The molecule has 1 fully saturated rings. The summed E-state index contributed by atoms with van der Waals surface area (Å²) in [5.41, 5.74) is 2.15. The molecule has 12 heteroatoms. The zero-order valence-corrected chi connectivity index (χ0v) is 20.5. The summed E-state index contributed by atoms with van der Waals surface area (Å²) in [7, 11) is 1.88. The molecule has 0 saturated carbocycles. The Morgan fingerprint density at radius 3 is 2.49 bits per heavy atom. The first-order valence-electron chi connectivity index (χ1n) is 11.8. The van der Waals surface area contributed by atoms with Crippen molar-refractivity contribution in [2.75, 3.05) is 31.1 Å². The van der Waals surface area contributed by atoms with Gasteiger partial charge in [0.05, 0.1) is 23.8 Å². The number of piperazine rings is 1. The van der Waals surface area contributed by atoms with Crippen molar-refractivity contribution in [1.29, 1.82) is 5.41 Å². The van der Waals surface area contributed by atoms with Crippen molar-refractivity contribution >= 4 is 18.1 Å². The van der Waals surface area contributed by atoms with Gasteiger partial charge in [-0.3, -0.25) is 15.1 Å². The maximum atomic E-state index is 13.2. The van der Waals surface area contributed by atoms with Gasteiger partial charge in [0.15, 0.2) is 5.84 Å². The topological polar surface area (TPSA) is 135 Å². The van der Waals surface area contributed by atoms with Crippen LogP contribution in [-0.2, 0) is 12.6 Å². The number of anilines is 1. The molecule has 190 valence electrons. The van der Waals surface area contributed by atoms with Crippen LogP contribution in [0.4, 0.5) is 10.3 Å². The summed E-state index contributed by atoms with van der Waals surface area (Å²) in [4.78, 5) is 24.7. The van der Waals surface area contributed by atoms with Crippen LogP contribution in [0.15, 0.2) is 60.4 Å². The van der Waals surface area contributed by atoms with Gasteiger partial charge in [-0.05, 0) is 25.1 Å². The van der Waals surface area contributed by atoms with Crippen molar-refractivity contribution in [1.82, 2.24) is 34.6 Å².